The third-order valence-electron chi connectivity index (χ3n) is 6.02. The Kier molecular flexibility index (Phi) is 13.0. The first-order valence-electron chi connectivity index (χ1n) is 12.8. The number of pyridine rings is 1. The number of hydrogen-bond acceptors (Lipinski definition) is 2. The molecule has 0 saturated heterocycles. The molecule has 0 fully saturated rings. The van der Waals surface area contributed by atoms with Gasteiger partial charge >= 0.3 is 0 Å². The fourth-order valence-electron chi connectivity index (χ4n) is 3.90. The molecule has 0 aliphatic rings. The largest absolute Gasteiger partial charge is 0.490 e. The van der Waals surface area contributed by atoms with Gasteiger partial charge in [-0.2, -0.15) is 4.39 Å². The molecule has 0 N–H and O–H groups in total. The number of nitrogens with zero attached hydrogens (tertiary/aromatic N) is 1. The minimum atomic E-state index is -0.979. The smallest absolute Gasteiger partial charge is 0.201 e. The fourth-order valence-corrected chi connectivity index (χ4v) is 3.90. The molecule has 0 bridgehead atoms. The molecule has 0 saturated carbocycles. The molecule has 2 aromatic rings. The minimum absolute atomic E-state index is 0.0608. The Labute approximate surface area is 198 Å². The molecule has 2 nitrogen and oxygen atoms in total. The average Bonchev–Trinajstić information content (AvgIpc) is 2.83. The Balaban J connectivity index is 1.84. The highest BCUT2D eigenvalue weighted by Crippen LogP contribution is 2.29. The highest BCUT2D eigenvalue weighted by Gasteiger charge is 2.17. The van der Waals surface area contributed by atoms with E-state index in [-0.39, 0.29) is 11.3 Å². The van der Waals surface area contributed by atoms with E-state index in [4.69, 9.17) is 4.74 Å². The van der Waals surface area contributed by atoms with Gasteiger partial charge in [-0.1, -0.05) is 77.7 Å². The van der Waals surface area contributed by atoms with Gasteiger partial charge in [0.2, 0.25) is 5.82 Å². The second kappa shape index (κ2) is 15.7. The lowest BCUT2D eigenvalue weighted by molar-refractivity contribution is 0.285. The summed E-state index contributed by atoms with van der Waals surface area (Å²) in [5, 5.41) is 0. The van der Waals surface area contributed by atoms with Crippen LogP contribution in [0.3, 0.4) is 0 Å². The van der Waals surface area contributed by atoms with Crippen LogP contribution in [-0.4, -0.2) is 17.8 Å². The summed E-state index contributed by atoms with van der Waals surface area (Å²) in [5.41, 5.74) is 1.36. The maximum Gasteiger partial charge on any atom is 0.201 e. The third kappa shape index (κ3) is 9.77. The van der Waals surface area contributed by atoms with Gasteiger partial charge in [0.15, 0.2) is 11.6 Å². The normalized spacial score (nSPS) is 12.2. The van der Waals surface area contributed by atoms with Crippen molar-refractivity contribution in [2.24, 2.45) is 0 Å². The van der Waals surface area contributed by atoms with Gasteiger partial charge in [-0.25, -0.2) is 8.78 Å². The number of aryl methyl sites for hydroxylation is 1. The number of rotatable bonds is 17. The number of unbranched alkanes of at least 4 members (excludes halogenated alkanes) is 8. The Morgan fingerprint density at radius 1 is 0.788 bits per heavy atom. The quantitative estimate of drug-likeness (QED) is 0.218. The molecule has 33 heavy (non-hydrogen) atoms. The van der Waals surface area contributed by atoms with Gasteiger partial charge in [0.05, 0.1) is 12.3 Å². The molecule has 1 heterocycles. The predicted molar refractivity (Wildman–Crippen MR) is 130 cm³/mol. The summed E-state index contributed by atoms with van der Waals surface area (Å²) in [5.74, 6) is -1.99. The van der Waals surface area contributed by atoms with E-state index in [0.29, 0.717) is 31.6 Å². The van der Waals surface area contributed by atoms with Gasteiger partial charge in [0.1, 0.15) is 6.17 Å². The summed E-state index contributed by atoms with van der Waals surface area (Å²) in [6.07, 6.45) is 13.4. The van der Waals surface area contributed by atoms with Crippen molar-refractivity contribution in [3.05, 3.63) is 47.7 Å². The van der Waals surface area contributed by atoms with Gasteiger partial charge in [-0.3, -0.25) is 4.98 Å². The Morgan fingerprint density at radius 3 is 2.18 bits per heavy atom. The summed E-state index contributed by atoms with van der Waals surface area (Å²) in [7, 11) is 0. The van der Waals surface area contributed by atoms with Crippen molar-refractivity contribution in [2.45, 2.75) is 103 Å². The second-order valence-electron chi connectivity index (χ2n) is 8.89. The van der Waals surface area contributed by atoms with Gasteiger partial charge in [0, 0.05) is 11.8 Å². The molecule has 0 radical (unpaired) electrons. The van der Waals surface area contributed by atoms with Gasteiger partial charge < -0.3 is 4.74 Å². The number of ether oxygens (including phenoxy) is 1. The highest BCUT2D eigenvalue weighted by molar-refractivity contribution is 5.61. The molecule has 1 aromatic heterocycles. The number of benzene rings is 1. The Morgan fingerprint density at radius 2 is 1.48 bits per heavy atom. The van der Waals surface area contributed by atoms with Crippen LogP contribution < -0.4 is 4.74 Å². The van der Waals surface area contributed by atoms with E-state index in [1.54, 1.807) is 12.3 Å². The monoisotopic (exact) mass is 463 g/mol. The minimum Gasteiger partial charge on any atom is -0.490 e. The van der Waals surface area contributed by atoms with Gasteiger partial charge in [-0.15, -0.1) is 0 Å². The van der Waals surface area contributed by atoms with Crippen LogP contribution in [0.4, 0.5) is 13.2 Å². The predicted octanol–water partition coefficient (Wildman–Crippen LogP) is 9.01. The number of alkyl halides is 1. The topological polar surface area (TPSA) is 22.1 Å². The lowest BCUT2D eigenvalue weighted by Gasteiger charge is -2.11. The van der Waals surface area contributed by atoms with Crippen LogP contribution in [0.25, 0.3) is 11.3 Å². The molecule has 0 spiro atoms. The maximum atomic E-state index is 14.6. The molecule has 0 aliphatic carbocycles. The second-order valence-corrected chi connectivity index (χ2v) is 8.89. The first-order chi connectivity index (χ1) is 16.1. The summed E-state index contributed by atoms with van der Waals surface area (Å²) in [4.78, 5) is 4.29. The molecular formula is C28H40F3NO. The van der Waals surface area contributed by atoms with Crippen LogP contribution in [0.2, 0.25) is 0 Å². The van der Waals surface area contributed by atoms with Crippen LogP contribution in [0.5, 0.6) is 5.75 Å². The van der Waals surface area contributed by atoms with Crippen molar-refractivity contribution in [1.29, 1.82) is 0 Å². The van der Waals surface area contributed by atoms with Crippen molar-refractivity contribution in [3.63, 3.8) is 0 Å². The van der Waals surface area contributed by atoms with E-state index in [1.807, 2.05) is 6.07 Å². The molecule has 1 unspecified atom stereocenters. The van der Waals surface area contributed by atoms with Crippen LogP contribution in [0.15, 0.2) is 30.5 Å². The van der Waals surface area contributed by atoms with E-state index >= 15 is 0 Å². The number of aromatic nitrogens is 1. The zero-order valence-corrected chi connectivity index (χ0v) is 20.4. The third-order valence-corrected chi connectivity index (χ3v) is 6.02. The van der Waals surface area contributed by atoms with Crippen LogP contribution in [0.1, 0.15) is 96.5 Å². The van der Waals surface area contributed by atoms with Crippen LogP contribution >= 0.6 is 0 Å². The zero-order chi connectivity index (χ0) is 23.9. The standard InChI is InChI=1S/C28H40F3NO/c1-3-5-7-9-10-12-20-33-26-19-17-24(27(30)28(26)31)25-18-15-22(21-32-25)14-16-23(29)13-11-8-6-4-2/h15,17-19,21,23H,3-14,16,20H2,1-2H3. The highest BCUT2D eigenvalue weighted by atomic mass is 19.2. The van der Waals surface area contributed by atoms with Gasteiger partial charge in [0.25, 0.3) is 0 Å². The number of halogens is 3. The summed E-state index contributed by atoms with van der Waals surface area (Å²) >= 11 is 0. The average molecular weight is 464 g/mol. The van der Waals surface area contributed by atoms with E-state index in [1.165, 1.54) is 31.4 Å². The van der Waals surface area contributed by atoms with Crippen molar-refractivity contribution >= 4 is 0 Å². The van der Waals surface area contributed by atoms with Crippen molar-refractivity contribution < 1.29 is 17.9 Å². The molecule has 5 heteroatoms. The first kappa shape index (κ1) is 27.2. The van der Waals surface area contributed by atoms with Crippen LogP contribution in [-0.2, 0) is 6.42 Å². The van der Waals surface area contributed by atoms with Crippen LogP contribution in [0, 0.1) is 11.6 Å². The molecule has 0 amide bonds. The summed E-state index contributed by atoms with van der Waals surface area (Å²) < 4.78 is 48.7. The molecule has 1 atom stereocenters. The van der Waals surface area contributed by atoms with E-state index in [9.17, 15) is 13.2 Å². The van der Waals surface area contributed by atoms with E-state index < -0.39 is 17.8 Å². The molecular weight excluding hydrogens is 423 g/mol. The van der Waals surface area contributed by atoms with Crippen molar-refractivity contribution in [1.82, 2.24) is 4.98 Å². The molecule has 0 aliphatic heterocycles. The maximum absolute atomic E-state index is 14.6. The Bertz CT molecular complexity index is 794. The molecule has 1 aromatic carbocycles. The van der Waals surface area contributed by atoms with Crippen molar-refractivity contribution in [2.75, 3.05) is 6.61 Å². The fraction of sp³-hybridized carbons (Fsp3) is 0.607. The summed E-state index contributed by atoms with van der Waals surface area (Å²) in [6.45, 7) is 4.69. The molecule has 2 rings (SSSR count). The SMILES string of the molecule is CCCCCCCCOc1ccc(-c2ccc(CCC(F)CCCCCC)cn2)c(F)c1F. The van der Waals surface area contributed by atoms with Gasteiger partial charge in [-0.05, 0) is 49.4 Å². The summed E-state index contributed by atoms with van der Waals surface area (Å²) in [6, 6.07) is 6.45. The van der Waals surface area contributed by atoms with E-state index in [0.717, 1.165) is 50.5 Å². The lowest BCUT2D eigenvalue weighted by atomic mass is 10.0. The number of hydrogen-bond donors (Lipinski definition) is 0. The lowest BCUT2D eigenvalue weighted by Crippen LogP contribution is -2.03. The zero-order valence-electron chi connectivity index (χ0n) is 20.4. The Hall–Kier alpha value is -2.04. The van der Waals surface area contributed by atoms with E-state index in [2.05, 4.69) is 18.8 Å². The van der Waals surface area contributed by atoms with Crippen molar-refractivity contribution in [3.8, 4) is 17.0 Å². The molecule has 184 valence electrons. The first-order valence-corrected chi connectivity index (χ1v) is 12.8.